The van der Waals surface area contributed by atoms with Gasteiger partial charge in [-0.3, -0.25) is 10.00 Å². The van der Waals surface area contributed by atoms with E-state index in [4.69, 9.17) is 4.74 Å². The maximum absolute atomic E-state index is 13.6. The van der Waals surface area contributed by atoms with Gasteiger partial charge in [0.2, 0.25) is 0 Å². The van der Waals surface area contributed by atoms with Gasteiger partial charge in [-0.1, -0.05) is 18.2 Å². The number of carbonyl (C=O) groups is 1. The Morgan fingerprint density at radius 3 is 2.75 bits per heavy atom. The Morgan fingerprint density at radius 2 is 2.15 bits per heavy atom. The van der Waals surface area contributed by atoms with E-state index in [2.05, 4.69) is 10.4 Å². The molecule has 6 heteroatoms. The van der Waals surface area contributed by atoms with E-state index in [-0.39, 0.29) is 0 Å². The van der Waals surface area contributed by atoms with Crippen LogP contribution in [0.5, 0.6) is 0 Å². The van der Waals surface area contributed by atoms with Crippen LogP contribution in [0.15, 0.2) is 30.5 Å². The summed E-state index contributed by atoms with van der Waals surface area (Å²) in [6.45, 7) is 3.44. The van der Waals surface area contributed by atoms with Crippen molar-refractivity contribution in [3.63, 3.8) is 0 Å². The molecule has 2 rings (SSSR count). The van der Waals surface area contributed by atoms with Crippen LogP contribution in [0.4, 0.5) is 14.9 Å². The molecule has 0 radical (unpaired) electrons. The zero-order valence-corrected chi connectivity index (χ0v) is 11.6. The highest BCUT2D eigenvalue weighted by atomic mass is 19.1. The Hall–Kier alpha value is -2.37. The van der Waals surface area contributed by atoms with E-state index < -0.39 is 18.0 Å². The lowest BCUT2D eigenvalue weighted by Crippen LogP contribution is -2.17. The third kappa shape index (κ3) is 2.96. The molecule has 20 heavy (non-hydrogen) atoms. The average molecular weight is 277 g/mol. The van der Waals surface area contributed by atoms with Crippen molar-refractivity contribution >= 4 is 11.8 Å². The van der Waals surface area contributed by atoms with E-state index in [0.29, 0.717) is 11.3 Å². The Labute approximate surface area is 116 Å². The van der Waals surface area contributed by atoms with Gasteiger partial charge in [-0.2, -0.15) is 5.10 Å². The van der Waals surface area contributed by atoms with E-state index >= 15 is 0 Å². The molecule has 0 aliphatic carbocycles. The molecule has 0 spiro atoms. The Morgan fingerprint density at radius 1 is 1.45 bits per heavy atom. The van der Waals surface area contributed by atoms with Crippen LogP contribution < -0.4 is 5.32 Å². The van der Waals surface area contributed by atoms with E-state index in [1.165, 1.54) is 12.3 Å². The SMILES string of the molecule is Cc1c(NC(=O)OC(C)c2ccccc2F)cnn1C. The number of rotatable bonds is 3. The van der Waals surface area contributed by atoms with Crippen molar-refractivity contribution in [3.8, 4) is 0 Å². The van der Waals surface area contributed by atoms with Gasteiger partial charge in [-0.15, -0.1) is 0 Å². The number of hydrogen-bond donors (Lipinski definition) is 1. The fourth-order valence-corrected chi connectivity index (χ4v) is 1.79. The Bertz CT molecular complexity index is 625. The molecule has 2 aromatic rings. The standard InChI is InChI=1S/C14H16FN3O2/c1-9-13(8-16-18(9)3)17-14(19)20-10(2)11-6-4-5-7-12(11)15/h4-8,10H,1-3H3,(H,17,19). The van der Waals surface area contributed by atoms with Gasteiger partial charge in [-0.05, 0) is 19.9 Å². The maximum Gasteiger partial charge on any atom is 0.412 e. The molecule has 1 atom stereocenters. The zero-order valence-electron chi connectivity index (χ0n) is 11.6. The molecule has 0 aliphatic heterocycles. The first kappa shape index (κ1) is 14.0. The van der Waals surface area contributed by atoms with Crippen LogP contribution in [-0.4, -0.2) is 15.9 Å². The highest BCUT2D eigenvalue weighted by molar-refractivity contribution is 5.85. The summed E-state index contributed by atoms with van der Waals surface area (Å²) >= 11 is 0. The number of halogens is 1. The van der Waals surface area contributed by atoms with Gasteiger partial charge in [-0.25, -0.2) is 9.18 Å². The van der Waals surface area contributed by atoms with Crippen molar-refractivity contribution < 1.29 is 13.9 Å². The second-order valence-corrected chi connectivity index (χ2v) is 4.46. The molecule has 1 heterocycles. The molecule has 1 N–H and O–H groups in total. The van der Waals surface area contributed by atoms with Gasteiger partial charge in [0.1, 0.15) is 11.9 Å². The molecule has 0 saturated heterocycles. The average Bonchev–Trinajstić information content (AvgIpc) is 2.71. The number of amides is 1. The molecule has 0 bridgehead atoms. The predicted molar refractivity (Wildman–Crippen MR) is 72.9 cm³/mol. The van der Waals surface area contributed by atoms with Crippen LogP contribution in [0, 0.1) is 12.7 Å². The summed E-state index contributed by atoms with van der Waals surface area (Å²) in [5.41, 5.74) is 1.71. The lowest BCUT2D eigenvalue weighted by atomic mass is 10.1. The number of nitrogens with one attached hydrogen (secondary N) is 1. The molecule has 5 nitrogen and oxygen atoms in total. The summed E-state index contributed by atoms with van der Waals surface area (Å²) < 4.78 is 20.4. The van der Waals surface area contributed by atoms with Crippen LogP contribution in [-0.2, 0) is 11.8 Å². The molecule has 0 saturated carbocycles. The molecule has 0 aliphatic rings. The number of ether oxygens (including phenoxy) is 1. The van der Waals surface area contributed by atoms with E-state index in [9.17, 15) is 9.18 Å². The van der Waals surface area contributed by atoms with Gasteiger partial charge in [0.05, 0.1) is 17.6 Å². The monoisotopic (exact) mass is 277 g/mol. The third-order valence-corrected chi connectivity index (χ3v) is 3.10. The zero-order chi connectivity index (χ0) is 14.7. The molecular weight excluding hydrogens is 261 g/mol. The molecule has 1 unspecified atom stereocenters. The van der Waals surface area contributed by atoms with Crippen LogP contribution in [0.25, 0.3) is 0 Å². The molecule has 1 aromatic carbocycles. The first-order valence-corrected chi connectivity index (χ1v) is 6.19. The number of aromatic nitrogens is 2. The van der Waals surface area contributed by atoms with Gasteiger partial charge in [0.25, 0.3) is 0 Å². The van der Waals surface area contributed by atoms with E-state index in [1.54, 1.807) is 36.9 Å². The highest BCUT2D eigenvalue weighted by Gasteiger charge is 2.16. The fourth-order valence-electron chi connectivity index (χ4n) is 1.79. The quantitative estimate of drug-likeness (QED) is 0.937. The molecular formula is C14H16FN3O2. The Balaban J connectivity index is 2.02. The summed E-state index contributed by atoms with van der Waals surface area (Å²) in [7, 11) is 1.77. The molecule has 0 fully saturated rings. The Kier molecular flexibility index (Phi) is 4.02. The second kappa shape index (κ2) is 5.73. The van der Waals surface area contributed by atoms with Crippen LogP contribution in [0.1, 0.15) is 24.3 Å². The van der Waals surface area contributed by atoms with Crippen molar-refractivity contribution in [2.75, 3.05) is 5.32 Å². The van der Waals surface area contributed by atoms with Crippen molar-refractivity contribution in [3.05, 3.63) is 47.5 Å². The van der Waals surface area contributed by atoms with Crippen LogP contribution in [0.3, 0.4) is 0 Å². The first-order chi connectivity index (χ1) is 9.49. The fraction of sp³-hybridized carbons (Fsp3) is 0.286. The summed E-state index contributed by atoms with van der Waals surface area (Å²) in [6, 6.07) is 6.20. The van der Waals surface area contributed by atoms with Crippen molar-refractivity contribution in [1.82, 2.24) is 9.78 Å². The number of aryl methyl sites for hydroxylation is 1. The van der Waals surface area contributed by atoms with Crippen molar-refractivity contribution in [2.45, 2.75) is 20.0 Å². The maximum atomic E-state index is 13.6. The topological polar surface area (TPSA) is 56.1 Å². The summed E-state index contributed by atoms with van der Waals surface area (Å²) in [5.74, 6) is -0.398. The number of anilines is 1. The number of nitrogens with zero attached hydrogens (tertiary/aromatic N) is 2. The lowest BCUT2D eigenvalue weighted by molar-refractivity contribution is 0.119. The third-order valence-electron chi connectivity index (χ3n) is 3.10. The predicted octanol–water partition coefficient (Wildman–Crippen LogP) is 3.18. The van der Waals surface area contributed by atoms with Crippen LogP contribution in [0.2, 0.25) is 0 Å². The van der Waals surface area contributed by atoms with Gasteiger partial charge in [0, 0.05) is 12.6 Å². The number of benzene rings is 1. The minimum absolute atomic E-state index is 0.338. The second-order valence-electron chi connectivity index (χ2n) is 4.46. The smallest absolute Gasteiger partial charge is 0.412 e. The first-order valence-electron chi connectivity index (χ1n) is 6.19. The summed E-state index contributed by atoms with van der Waals surface area (Å²) in [4.78, 5) is 11.8. The minimum Gasteiger partial charge on any atom is -0.441 e. The minimum atomic E-state index is -0.673. The molecule has 106 valence electrons. The summed E-state index contributed by atoms with van der Waals surface area (Å²) in [5, 5.41) is 6.59. The van der Waals surface area contributed by atoms with Gasteiger partial charge >= 0.3 is 6.09 Å². The highest BCUT2D eigenvalue weighted by Crippen LogP contribution is 2.21. The summed E-state index contributed by atoms with van der Waals surface area (Å²) in [6.07, 6.45) is 0.217. The van der Waals surface area contributed by atoms with Gasteiger partial charge in [0.15, 0.2) is 0 Å². The largest absolute Gasteiger partial charge is 0.441 e. The van der Waals surface area contributed by atoms with E-state index in [0.717, 1.165) is 5.69 Å². The van der Waals surface area contributed by atoms with Crippen molar-refractivity contribution in [2.24, 2.45) is 7.05 Å². The number of carbonyl (C=O) groups excluding carboxylic acids is 1. The van der Waals surface area contributed by atoms with E-state index in [1.807, 2.05) is 6.92 Å². The number of hydrogen-bond acceptors (Lipinski definition) is 3. The lowest BCUT2D eigenvalue weighted by Gasteiger charge is -2.14. The molecule has 1 amide bonds. The normalized spacial score (nSPS) is 12.0. The van der Waals surface area contributed by atoms with Crippen LogP contribution >= 0.6 is 0 Å². The van der Waals surface area contributed by atoms with Gasteiger partial charge < -0.3 is 4.74 Å². The van der Waals surface area contributed by atoms with Crippen molar-refractivity contribution in [1.29, 1.82) is 0 Å². The molecule has 1 aromatic heterocycles.